The molecule has 0 unspecified atom stereocenters. The minimum absolute atomic E-state index is 0.777. The van der Waals surface area contributed by atoms with Crippen molar-refractivity contribution >= 4 is 17.4 Å². The van der Waals surface area contributed by atoms with E-state index in [9.17, 15) is 0 Å². The second kappa shape index (κ2) is 5.14. The first-order valence-electron chi connectivity index (χ1n) is 5.23. The lowest BCUT2D eigenvalue weighted by molar-refractivity contribution is 0.414. The van der Waals surface area contributed by atoms with E-state index in [0.717, 1.165) is 22.1 Å². The zero-order chi connectivity index (χ0) is 12.3. The van der Waals surface area contributed by atoms with Crippen molar-refractivity contribution in [3.05, 3.63) is 36.2 Å². The maximum absolute atomic E-state index is 5.92. The van der Waals surface area contributed by atoms with E-state index in [1.807, 2.05) is 37.6 Å². The first-order valence-corrected chi connectivity index (χ1v) is 6.21. The molecule has 0 fully saturated rings. The monoisotopic (exact) mass is 249 g/mol. The van der Waals surface area contributed by atoms with E-state index in [1.165, 1.54) is 5.56 Å². The molecule has 1 heterocycles. The topological polar surface area (TPSA) is 53.1 Å². The van der Waals surface area contributed by atoms with Gasteiger partial charge in [0.15, 0.2) is 0 Å². The molecule has 17 heavy (non-hydrogen) atoms. The first-order chi connectivity index (χ1) is 8.19. The number of rotatable bonds is 4. The van der Waals surface area contributed by atoms with E-state index in [4.69, 9.17) is 10.5 Å². The van der Waals surface area contributed by atoms with Gasteiger partial charge in [0.25, 0.3) is 0 Å². The molecule has 4 nitrogen and oxygen atoms in total. The minimum Gasteiger partial charge on any atom is -0.497 e. The number of hydrogen-bond acceptors (Lipinski definition) is 4. The van der Waals surface area contributed by atoms with Crippen molar-refractivity contribution in [2.45, 2.75) is 10.6 Å². The van der Waals surface area contributed by atoms with Crippen LogP contribution in [0, 0.1) is 0 Å². The first kappa shape index (κ1) is 11.9. The summed E-state index contributed by atoms with van der Waals surface area (Å²) in [7, 11) is 3.56. The minimum atomic E-state index is 0.777. The fourth-order valence-corrected chi connectivity index (χ4v) is 2.38. The molecular formula is C12H15N3OS. The SMILES string of the molecule is COc1ccc(N)c(SCc2cnn(C)c2)c1. The number of aryl methyl sites for hydroxylation is 1. The van der Waals surface area contributed by atoms with Crippen molar-refractivity contribution < 1.29 is 4.74 Å². The van der Waals surface area contributed by atoms with Gasteiger partial charge in [0.05, 0.1) is 13.3 Å². The van der Waals surface area contributed by atoms with Crippen LogP contribution < -0.4 is 10.5 Å². The van der Waals surface area contributed by atoms with Crippen LogP contribution in [0.5, 0.6) is 5.75 Å². The highest BCUT2D eigenvalue weighted by Gasteiger charge is 2.04. The Morgan fingerprint density at radius 3 is 2.94 bits per heavy atom. The number of nitrogens with two attached hydrogens (primary N) is 1. The van der Waals surface area contributed by atoms with E-state index < -0.39 is 0 Å². The van der Waals surface area contributed by atoms with Gasteiger partial charge in [-0.25, -0.2) is 0 Å². The fraction of sp³-hybridized carbons (Fsp3) is 0.250. The number of hydrogen-bond donors (Lipinski definition) is 1. The maximum atomic E-state index is 5.92. The number of methoxy groups -OCH3 is 1. The summed E-state index contributed by atoms with van der Waals surface area (Å²) in [6.07, 6.45) is 3.87. The molecule has 0 amide bonds. The zero-order valence-corrected chi connectivity index (χ0v) is 10.7. The van der Waals surface area contributed by atoms with Gasteiger partial charge in [0, 0.05) is 35.1 Å². The van der Waals surface area contributed by atoms with E-state index in [1.54, 1.807) is 23.6 Å². The third-order valence-corrected chi connectivity index (χ3v) is 3.52. The third kappa shape index (κ3) is 2.94. The third-order valence-electron chi connectivity index (χ3n) is 2.37. The molecule has 1 aromatic carbocycles. The summed E-state index contributed by atoms with van der Waals surface area (Å²) in [5.41, 5.74) is 7.87. The number of ether oxygens (including phenoxy) is 1. The van der Waals surface area contributed by atoms with Gasteiger partial charge in [0.2, 0.25) is 0 Å². The molecule has 1 aromatic heterocycles. The molecule has 0 radical (unpaired) electrons. The average molecular weight is 249 g/mol. The highest BCUT2D eigenvalue weighted by Crippen LogP contribution is 2.31. The van der Waals surface area contributed by atoms with Crippen molar-refractivity contribution in [1.82, 2.24) is 9.78 Å². The Bertz CT molecular complexity index is 510. The second-order valence-corrected chi connectivity index (χ2v) is 4.73. The Morgan fingerprint density at radius 2 is 2.29 bits per heavy atom. The summed E-state index contributed by atoms with van der Waals surface area (Å²) >= 11 is 1.68. The molecule has 2 rings (SSSR count). The molecule has 90 valence electrons. The largest absolute Gasteiger partial charge is 0.497 e. The molecule has 0 spiro atoms. The molecule has 2 aromatic rings. The van der Waals surface area contributed by atoms with Gasteiger partial charge in [-0.2, -0.15) is 5.10 Å². The summed E-state index contributed by atoms with van der Waals surface area (Å²) in [6.45, 7) is 0. The van der Waals surface area contributed by atoms with Gasteiger partial charge in [0.1, 0.15) is 5.75 Å². The molecule has 0 saturated carbocycles. The molecule has 0 aliphatic carbocycles. The smallest absolute Gasteiger partial charge is 0.120 e. The molecule has 5 heteroatoms. The second-order valence-electron chi connectivity index (χ2n) is 3.71. The lowest BCUT2D eigenvalue weighted by atomic mass is 10.3. The fourth-order valence-electron chi connectivity index (χ4n) is 1.47. The lowest BCUT2D eigenvalue weighted by Gasteiger charge is -2.06. The summed E-state index contributed by atoms with van der Waals surface area (Å²) < 4.78 is 6.98. The lowest BCUT2D eigenvalue weighted by Crippen LogP contribution is -1.91. The van der Waals surface area contributed by atoms with Gasteiger partial charge < -0.3 is 10.5 Å². The molecule has 0 saturated heterocycles. The molecule has 0 aliphatic heterocycles. The van der Waals surface area contributed by atoms with E-state index >= 15 is 0 Å². The average Bonchev–Trinajstić information content (AvgIpc) is 2.74. The van der Waals surface area contributed by atoms with Gasteiger partial charge in [-0.05, 0) is 18.2 Å². The van der Waals surface area contributed by atoms with Crippen molar-refractivity contribution in [3.63, 3.8) is 0 Å². The van der Waals surface area contributed by atoms with Crippen molar-refractivity contribution in [1.29, 1.82) is 0 Å². The maximum Gasteiger partial charge on any atom is 0.120 e. The summed E-state index contributed by atoms with van der Waals surface area (Å²) in [4.78, 5) is 1.04. The zero-order valence-electron chi connectivity index (χ0n) is 9.88. The van der Waals surface area contributed by atoms with Crippen LogP contribution in [0.4, 0.5) is 5.69 Å². The van der Waals surface area contributed by atoms with Crippen LogP contribution in [0.15, 0.2) is 35.5 Å². The van der Waals surface area contributed by atoms with Crippen LogP contribution >= 0.6 is 11.8 Å². The van der Waals surface area contributed by atoms with Crippen molar-refractivity contribution in [2.24, 2.45) is 7.05 Å². The number of thioether (sulfide) groups is 1. The molecule has 0 aliphatic rings. The number of nitrogen functional groups attached to an aromatic ring is 1. The predicted octanol–water partition coefficient (Wildman–Crippen LogP) is 2.30. The highest BCUT2D eigenvalue weighted by atomic mass is 32.2. The Hall–Kier alpha value is -1.62. The summed E-state index contributed by atoms with van der Waals surface area (Å²) in [6, 6.07) is 5.68. The van der Waals surface area contributed by atoms with Crippen molar-refractivity contribution in [3.8, 4) is 5.75 Å². The normalized spacial score (nSPS) is 10.5. The quantitative estimate of drug-likeness (QED) is 0.667. The van der Waals surface area contributed by atoms with Gasteiger partial charge in [-0.3, -0.25) is 4.68 Å². The van der Waals surface area contributed by atoms with Crippen LogP contribution in [0.2, 0.25) is 0 Å². The Balaban J connectivity index is 2.07. The number of aromatic nitrogens is 2. The van der Waals surface area contributed by atoms with Gasteiger partial charge in [-0.1, -0.05) is 0 Å². The Labute approximate surface area is 105 Å². The molecule has 2 N–H and O–H groups in total. The number of nitrogens with zero attached hydrogens (tertiary/aromatic N) is 2. The van der Waals surface area contributed by atoms with E-state index in [-0.39, 0.29) is 0 Å². The van der Waals surface area contributed by atoms with Crippen LogP contribution in [0.3, 0.4) is 0 Å². The van der Waals surface area contributed by atoms with Crippen LogP contribution in [-0.4, -0.2) is 16.9 Å². The Kier molecular flexibility index (Phi) is 3.58. The predicted molar refractivity (Wildman–Crippen MR) is 70.2 cm³/mol. The molecule has 0 atom stereocenters. The molecular weight excluding hydrogens is 234 g/mol. The van der Waals surface area contributed by atoms with Crippen LogP contribution in [0.1, 0.15) is 5.56 Å². The number of anilines is 1. The van der Waals surface area contributed by atoms with Gasteiger partial charge >= 0.3 is 0 Å². The molecule has 0 bridgehead atoms. The van der Waals surface area contributed by atoms with E-state index in [0.29, 0.717) is 0 Å². The summed E-state index contributed by atoms with van der Waals surface area (Å²) in [5, 5.41) is 4.13. The van der Waals surface area contributed by atoms with Crippen LogP contribution in [-0.2, 0) is 12.8 Å². The summed E-state index contributed by atoms with van der Waals surface area (Å²) in [5.74, 6) is 1.68. The number of benzene rings is 1. The highest BCUT2D eigenvalue weighted by molar-refractivity contribution is 7.98. The Morgan fingerprint density at radius 1 is 1.47 bits per heavy atom. The van der Waals surface area contributed by atoms with Gasteiger partial charge in [-0.15, -0.1) is 11.8 Å². The standard InChI is InChI=1S/C12H15N3OS/c1-15-7-9(6-14-15)8-17-12-5-10(16-2)3-4-11(12)13/h3-7H,8,13H2,1-2H3. The van der Waals surface area contributed by atoms with E-state index in [2.05, 4.69) is 5.10 Å². The van der Waals surface area contributed by atoms with Crippen molar-refractivity contribution in [2.75, 3.05) is 12.8 Å². The van der Waals surface area contributed by atoms with Crippen LogP contribution in [0.25, 0.3) is 0 Å².